The van der Waals surface area contributed by atoms with Crippen molar-refractivity contribution in [2.24, 2.45) is 5.73 Å². The first-order valence-corrected chi connectivity index (χ1v) is 5.34. The summed E-state index contributed by atoms with van der Waals surface area (Å²) in [6.07, 6.45) is 3.33. The average Bonchev–Trinajstić information content (AvgIpc) is 2.60. The summed E-state index contributed by atoms with van der Waals surface area (Å²) in [5.41, 5.74) is 11.3. The summed E-state index contributed by atoms with van der Waals surface area (Å²) in [5, 5.41) is 4.13. The highest BCUT2D eigenvalue weighted by Gasteiger charge is 2.24. The molecule has 0 spiro atoms. The molecule has 0 saturated carbocycles. The lowest BCUT2D eigenvalue weighted by Gasteiger charge is -2.28. The average molecular weight is 224 g/mol. The molecule has 2 rings (SSSR count). The molecule has 1 aromatic heterocycles. The molecule has 16 heavy (non-hydrogen) atoms. The van der Waals surface area contributed by atoms with Gasteiger partial charge in [0.15, 0.2) is 0 Å². The van der Waals surface area contributed by atoms with Crippen LogP contribution in [0.25, 0.3) is 0 Å². The summed E-state index contributed by atoms with van der Waals surface area (Å²) in [6.45, 7) is 2.71. The second-order valence-corrected chi connectivity index (χ2v) is 4.11. The number of nitrogen functional groups attached to an aromatic ring is 1. The number of nitrogens with zero attached hydrogens (tertiary/aromatic N) is 2. The molecule has 0 radical (unpaired) electrons. The molecule has 6 heteroatoms. The van der Waals surface area contributed by atoms with Crippen molar-refractivity contribution in [3.63, 3.8) is 0 Å². The van der Waals surface area contributed by atoms with Crippen molar-refractivity contribution < 1.29 is 9.53 Å². The Hall–Kier alpha value is -1.56. The number of ether oxygens (including phenoxy) is 1. The summed E-state index contributed by atoms with van der Waals surface area (Å²) in [4.78, 5) is 11.0. The Morgan fingerprint density at radius 3 is 3.00 bits per heavy atom. The van der Waals surface area contributed by atoms with Crippen LogP contribution in [0.2, 0.25) is 0 Å². The number of hydrogen-bond acceptors (Lipinski definition) is 4. The third-order valence-electron chi connectivity index (χ3n) is 2.90. The van der Waals surface area contributed by atoms with Gasteiger partial charge in [0.25, 0.3) is 5.91 Å². The minimum Gasteiger partial charge on any atom is -0.383 e. The van der Waals surface area contributed by atoms with Gasteiger partial charge in [-0.1, -0.05) is 0 Å². The van der Waals surface area contributed by atoms with Gasteiger partial charge < -0.3 is 16.2 Å². The van der Waals surface area contributed by atoms with Crippen molar-refractivity contribution in [3.8, 4) is 0 Å². The van der Waals surface area contributed by atoms with Crippen LogP contribution in [0.15, 0.2) is 6.20 Å². The Balaban J connectivity index is 2.23. The standard InChI is InChI=1S/C10H16N4O2/c1-6-4-7(2-3-16-6)14-9(11)8(5-13-14)10(12)15/h5-7H,2-4,11H2,1H3,(H2,12,15)/t6-,7+/m0/s1. The van der Waals surface area contributed by atoms with Crippen molar-refractivity contribution in [2.45, 2.75) is 31.9 Å². The number of carbonyl (C=O) groups excluding carboxylic acids is 1. The predicted octanol–water partition coefficient (Wildman–Crippen LogP) is 0.304. The summed E-state index contributed by atoms with van der Waals surface area (Å²) < 4.78 is 7.13. The zero-order valence-corrected chi connectivity index (χ0v) is 9.22. The minimum absolute atomic E-state index is 0.192. The normalized spacial score (nSPS) is 25.6. The highest BCUT2D eigenvalue weighted by Crippen LogP contribution is 2.27. The second-order valence-electron chi connectivity index (χ2n) is 4.11. The number of aromatic nitrogens is 2. The number of anilines is 1. The molecule has 6 nitrogen and oxygen atoms in total. The summed E-state index contributed by atoms with van der Waals surface area (Å²) in [6, 6.07) is 0.192. The van der Waals surface area contributed by atoms with Gasteiger partial charge in [-0.05, 0) is 19.8 Å². The predicted molar refractivity (Wildman–Crippen MR) is 58.8 cm³/mol. The van der Waals surface area contributed by atoms with E-state index in [0.717, 1.165) is 12.8 Å². The monoisotopic (exact) mass is 224 g/mol. The third kappa shape index (κ3) is 1.88. The van der Waals surface area contributed by atoms with Gasteiger partial charge in [-0.25, -0.2) is 4.68 Å². The molecular weight excluding hydrogens is 208 g/mol. The van der Waals surface area contributed by atoms with Crippen LogP contribution in [0.4, 0.5) is 5.82 Å². The Labute approximate surface area is 93.5 Å². The van der Waals surface area contributed by atoms with E-state index in [4.69, 9.17) is 16.2 Å². The molecule has 2 heterocycles. The van der Waals surface area contributed by atoms with Gasteiger partial charge in [0.05, 0.1) is 18.3 Å². The van der Waals surface area contributed by atoms with E-state index in [-0.39, 0.29) is 12.1 Å². The lowest BCUT2D eigenvalue weighted by Crippen LogP contribution is -2.27. The fourth-order valence-electron chi connectivity index (χ4n) is 2.05. The highest BCUT2D eigenvalue weighted by molar-refractivity contribution is 5.96. The van der Waals surface area contributed by atoms with Crippen LogP contribution in [-0.2, 0) is 4.74 Å². The van der Waals surface area contributed by atoms with Crippen LogP contribution < -0.4 is 11.5 Å². The second kappa shape index (κ2) is 4.13. The maximum absolute atomic E-state index is 11.0. The molecule has 1 amide bonds. The van der Waals surface area contributed by atoms with Crippen molar-refractivity contribution in [3.05, 3.63) is 11.8 Å². The molecule has 1 saturated heterocycles. The van der Waals surface area contributed by atoms with Crippen LogP contribution in [0.1, 0.15) is 36.2 Å². The van der Waals surface area contributed by atoms with E-state index in [1.807, 2.05) is 6.92 Å². The summed E-state index contributed by atoms with van der Waals surface area (Å²) >= 11 is 0. The molecule has 1 aromatic rings. The molecule has 0 aliphatic carbocycles. The van der Waals surface area contributed by atoms with Gasteiger partial charge in [0.2, 0.25) is 0 Å². The molecule has 4 N–H and O–H groups in total. The number of carbonyl (C=O) groups is 1. The lowest BCUT2D eigenvalue weighted by atomic mass is 10.0. The molecule has 0 aromatic carbocycles. The van der Waals surface area contributed by atoms with Crippen LogP contribution in [-0.4, -0.2) is 28.4 Å². The summed E-state index contributed by atoms with van der Waals surface area (Å²) in [5.74, 6) is -0.185. The molecule has 0 unspecified atom stereocenters. The quantitative estimate of drug-likeness (QED) is 0.755. The van der Waals surface area contributed by atoms with Crippen molar-refractivity contribution in [2.75, 3.05) is 12.3 Å². The topological polar surface area (TPSA) is 96.2 Å². The fraction of sp³-hybridized carbons (Fsp3) is 0.600. The van der Waals surface area contributed by atoms with Crippen LogP contribution >= 0.6 is 0 Å². The van der Waals surface area contributed by atoms with Gasteiger partial charge in [0, 0.05) is 6.61 Å². The van der Waals surface area contributed by atoms with Gasteiger partial charge in [0.1, 0.15) is 11.4 Å². The van der Waals surface area contributed by atoms with Gasteiger partial charge >= 0.3 is 0 Å². The molecular formula is C10H16N4O2. The molecule has 0 bridgehead atoms. The first-order chi connectivity index (χ1) is 7.59. The number of hydrogen-bond donors (Lipinski definition) is 2. The van der Waals surface area contributed by atoms with Gasteiger partial charge in [-0.2, -0.15) is 5.10 Å². The lowest BCUT2D eigenvalue weighted by molar-refractivity contribution is 0.00399. The molecule has 2 atom stereocenters. The Morgan fingerprint density at radius 1 is 1.69 bits per heavy atom. The smallest absolute Gasteiger partial charge is 0.254 e. The first-order valence-electron chi connectivity index (χ1n) is 5.34. The number of nitrogens with two attached hydrogens (primary N) is 2. The largest absolute Gasteiger partial charge is 0.383 e. The molecule has 1 aliphatic heterocycles. The van der Waals surface area contributed by atoms with Gasteiger partial charge in [-0.3, -0.25) is 4.79 Å². The van der Waals surface area contributed by atoms with Crippen molar-refractivity contribution in [1.29, 1.82) is 0 Å². The number of amides is 1. The Kier molecular flexibility index (Phi) is 2.82. The van der Waals surface area contributed by atoms with Crippen LogP contribution in [0.3, 0.4) is 0 Å². The highest BCUT2D eigenvalue weighted by atomic mass is 16.5. The zero-order valence-electron chi connectivity index (χ0n) is 9.22. The van der Waals surface area contributed by atoms with E-state index in [2.05, 4.69) is 5.10 Å². The van der Waals surface area contributed by atoms with E-state index in [9.17, 15) is 4.79 Å². The molecule has 1 aliphatic rings. The zero-order chi connectivity index (χ0) is 11.7. The van der Waals surface area contributed by atoms with Crippen LogP contribution in [0, 0.1) is 0 Å². The Bertz CT molecular complexity index is 402. The maximum Gasteiger partial charge on any atom is 0.254 e. The number of primary amides is 1. The first kappa shape index (κ1) is 10.9. The SMILES string of the molecule is C[C@H]1C[C@H](n2ncc(C(N)=O)c2N)CCO1. The van der Waals surface area contributed by atoms with E-state index in [1.165, 1.54) is 6.20 Å². The van der Waals surface area contributed by atoms with E-state index in [1.54, 1.807) is 4.68 Å². The summed E-state index contributed by atoms with van der Waals surface area (Å²) in [7, 11) is 0. The van der Waals surface area contributed by atoms with E-state index in [0.29, 0.717) is 18.0 Å². The van der Waals surface area contributed by atoms with E-state index >= 15 is 0 Å². The van der Waals surface area contributed by atoms with Crippen molar-refractivity contribution in [1.82, 2.24) is 9.78 Å². The minimum atomic E-state index is -0.538. The fourth-order valence-corrected chi connectivity index (χ4v) is 2.05. The molecule has 1 fully saturated rings. The van der Waals surface area contributed by atoms with Crippen LogP contribution in [0.5, 0.6) is 0 Å². The third-order valence-corrected chi connectivity index (χ3v) is 2.90. The Morgan fingerprint density at radius 2 is 2.44 bits per heavy atom. The van der Waals surface area contributed by atoms with Gasteiger partial charge in [-0.15, -0.1) is 0 Å². The van der Waals surface area contributed by atoms with Crippen molar-refractivity contribution >= 4 is 11.7 Å². The number of rotatable bonds is 2. The maximum atomic E-state index is 11.0. The van der Waals surface area contributed by atoms with E-state index < -0.39 is 5.91 Å². The molecule has 88 valence electrons.